The number of rotatable bonds is 2. The van der Waals surface area contributed by atoms with E-state index in [4.69, 9.17) is 0 Å². The first kappa shape index (κ1) is 11.2. The molecular formula is C13H18N6. The second-order valence-corrected chi connectivity index (χ2v) is 5.50. The maximum absolute atomic E-state index is 4.39. The molecule has 0 radical (unpaired) electrons. The van der Waals surface area contributed by atoms with Crippen LogP contribution in [0.5, 0.6) is 0 Å². The van der Waals surface area contributed by atoms with Gasteiger partial charge in [0, 0.05) is 19.0 Å². The number of nitrogens with zero attached hydrogens (tertiary/aromatic N) is 4. The van der Waals surface area contributed by atoms with Crippen molar-refractivity contribution in [3.8, 4) is 0 Å². The summed E-state index contributed by atoms with van der Waals surface area (Å²) >= 11 is 0. The van der Waals surface area contributed by atoms with Gasteiger partial charge in [-0.15, -0.1) is 10.2 Å². The molecule has 2 aromatic heterocycles. The summed E-state index contributed by atoms with van der Waals surface area (Å²) in [5, 5.41) is 12.0. The molecule has 6 heteroatoms. The Hall–Kier alpha value is -1.69. The van der Waals surface area contributed by atoms with Crippen LogP contribution in [0.25, 0.3) is 0 Å². The monoisotopic (exact) mass is 258 g/mol. The topological polar surface area (TPSA) is 71.4 Å². The lowest BCUT2D eigenvalue weighted by atomic mass is 10.0. The lowest BCUT2D eigenvalue weighted by Gasteiger charge is -2.24. The third-order valence-corrected chi connectivity index (χ3v) is 4.36. The summed E-state index contributed by atoms with van der Waals surface area (Å²) in [6.45, 7) is 0.831. The molecule has 0 amide bonds. The molecule has 1 fully saturated rings. The van der Waals surface area contributed by atoms with Gasteiger partial charge >= 0.3 is 0 Å². The van der Waals surface area contributed by atoms with E-state index in [1.165, 1.54) is 31.4 Å². The van der Waals surface area contributed by atoms with E-state index in [-0.39, 0.29) is 6.04 Å². The second-order valence-electron chi connectivity index (χ2n) is 5.50. The minimum absolute atomic E-state index is 0.235. The van der Waals surface area contributed by atoms with E-state index in [0.717, 1.165) is 24.5 Å². The minimum Gasteiger partial charge on any atom is -0.347 e. The lowest BCUT2D eigenvalue weighted by molar-refractivity contribution is 0.415. The van der Waals surface area contributed by atoms with Gasteiger partial charge in [0.1, 0.15) is 6.33 Å². The third-order valence-electron chi connectivity index (χ3n) is 4.36. The van der Waals surface area contributed by atoms with Gasteiger partial charge in [0.15, 0.2) is 5.82 Å². The predicted molar refractivity (Wildman–Crippen MR) is 69.4 cm³/mol. The van der Waals surface area contributed by atoms with Gasteiger partial charge < -0.3 is 14.9 Å². The first-order valence-corrected chi connectivity index (χ1v) is 7.06. The van der Waals surface area contributed by atoms with Crippen molar-refractivity contribution >= 4 is 0 Å². The van der Waals surface area contributed by atoms with Gasteiger partial charge in [0.05, 0.1) is 23.8 Å². The molecule has 1 saturated carbocycles. The van der Waals surface area contributed by atoms with Crippen LogP contribution in [0.15, 0.2) is 12.7 Å². The standard InChI is InChI=1S/C13H18N6/c1-2-4-9(3-1)19-8-17-18-13(19)11-5-10-12(6-14-11)16-7-15-10/h7-9,11,14H,1-6H2,(H,15,16). The molecule has 3 heterocycles. The van der Waals surface area contributed by atoms with Gasteiger partial charge in [0.2, 0.25) is 0 Å². The SMILES string of the molecule is c1nc2c([nH]1)CNC(c1nncn1C1CCCC1)C2. The fourth-order valence-corrected chi connectivity index (χ4v) is 3.32. The Labute approximate surface area is 111 Å². The molecule has 19 heavy (non-hydrogen) atoms. The average Bonchev–Trinajstić information content (AvgIpc) is 3.18. The van der Waals surface area contributed by atoms with Crippen LogP contribution in [-0.4, -0.2) is 24.7 Å². The summed E-state index contributed by atoms with van der Waals surface area (Å²) in [6, 6.07) is 0.825. The molecule has 0 aromatic carbocycles. The zero-order valence-corrected chi connectivity index (χ0v) is 10.8. The van der Waals surface area contributed by atoms with Crippen molar-refractivity contribution in [2.24, 2.45) is 0 Å². The van der Waals surface area contributed by atoms with Gasteiger partial charge in [-0.2, -0.15) is 0 Å². The van der Waals surface area contributed by atoms with Crippen molar-refractivity contribution in [1.82, 2.24) is 30.0 Å². The summed E-state index contributed by atoms with van der Waals surface area (Å²) in [4.78, 5) is 7.57. The predicted octanol–water partition coefficient (Wildman–Crippen LogP) is 1.50. The van der Waals surface area contributed by atoms with Gasteiger partial charge in [0.25, 0.3) is 0 Å². The molecule has 100 valence electrons. The summed E-state index contributed by atoms with van der Waals surface area (Å²) in [7, 11) is 0. The Kier molecular flexibility index (Phi) is 2.61. The van der Waals surface area contributed by atoms with E-state index in [2.05, 4.69) is 30.0 Å². The van der Waals surface area contributed by atoms with Crippen LogP contribution in [0.1, 0.15) is 55.0 Å². The maximum atomic E-state index is 4.39. The van der Waals surface area contributed by atoms with Gasteiger partial charge in [-0.05, 0) is 12.8 Å². The van der Waals surface area contributed by atoms with Crippen molar-refractivity contribution in [3.05, 3.63) is 29.9 Å². The molecule has 6 nitrogen and oxygen atoms in total. The fraction of sp³-hybridized carbons (Fsp3) is 0.615. The van der Waals surface area contributed by atoms with Gasteiger partial charge in [-0.1, -0.05) is 12.8 Å². The number of hydrogen-bond acceptors (Lipinski definition) is 4. The zero-order chi connectivity index (χ0) is 12.7. The van der Waals surface area contributed by atoms with E-state index in [9.17, 15) is 0 Å². The molecule has 2 aromatic rings. The van der Waals surface area contributed by atoms with Crippen molar-refractivity contribution in [1.29, 1.82) is 0 Å². The van der Waals surface area contributed by atoms with Crippen LogP contribution in [0, 0.1) is 0 Å². The van der Waals surface area contributed by atoms with E-state index in [1.54, 1.807) is 6.33 Å². The molecule has 1 aliphatic heterocycles. The van der Waals surface area contributed by atoms with Crippen LogP contribution in [0.4, 0.5) is 0 Å². The van der Waals surface area contributed by atoms with E-state index in [1.807, 2.05) is 6.33 Å². The quantitative estimate of drug-likeness (QED) is 0.856. The molecule has 2 N–H and O–H groups in total. The molecule has 0 saturated heterocycles. The molecule has 1 atom stereocenters. The van der Waals surface area contributed by atoms with Crippen molar-refractivity contribution in [2.45, 2.75) is 50.7 Å². The molecular weight excluding hydrogens is 240 g/mol. The largest absolute Gasteiger partial charge is 0.347 e. The normalized spacial score (nSPS) is 23.7. The zero-order valence-electron chi connectivity index (χ0n) is 10.8. The molecule has 4 rings (SSSR count). The molecule has 0 bridgehead atoms. The Morgan fingerprint density at radius 3 is 3.05 bits per heavy atom. The highest BCUT2D eigenvalue weighted by molar-refractivity contribution is 5.18. The summed E-state index contributed by atoms with van der Waals surface area (Å²) in [5.74, 6) is 1.07. The fourth-order valence-electron chi connectivity index (χ4n) is 3.32. The van der Waals surface area contributed by atoms with E-state index in [0.29, 0.717) is 6.04 Å². The minimum atomic E-state index is 0.235. The van der Waals surface area contributed by atoms with Crippen LogP contribution >= 0.6 is 0 Å². The Morgan fingerprint density at radius 2 is 2.16 bits per heavy atom. The average molecular weight is 258 g/mol. The Balaban J connectivity index is 1.61. The van der Waals surface area contributed by atoms with Crippen LogP contribution in [-0.2, 0) is 13.0 Å². The lowest BCUT2D eigenvalue weighted by Crippen LogP contribution is -2.31. The number of aromatic nitrogens is 5. The highest BCUT2D eigenvalue weighted by Crippen LogP contribution is 2.32. The number of hydrogen-bond donors (Lipinski definition) is 2. The second kappa shape index (κ2) is 4.45. The summed E-state index contributed by atoms with van der Waals surface area (Å²) < 4.78 is 2.28. The van der Waals surface area contributed by atoms with Crippen LogP contribution < -0.4 is 5.32 Å². The highest BCUT2D eigenvalue weighted by atomic mass is 15.3. The number of imidazole rings is 1. The molecule has 0 spiro atoms. The van der Waals surface area contributed by atoms with Gasteiger partial charge in [-0.25, -0.2) is 4.98 Å². The Bertz CT molecular complexity index is 565. The number of nitrogens with one attached hydrogen (secondary N) is 2. The summed E-state index contributed by atoms with van der Waals surface area (Å²) in [6.07, 6.45) is 9.72. The van der Waals surface area contributed by atoms with E-state index < -0.39 is 0 Å². The van der Waals surface area contributed by atoms with Crippen LogP contribution in [0.2, 0.25) is 0 Å². The molecule has 1 aliphatic carbocycles. The third kappa shape index (κ3) is 1.87. The number of fused-ring (bicyclic) bond motifs is 1. The van der Waals surface area contributed by atoms with Crippen LogP contribution in [0.3, 0.4) is 0 Å². The van der Waals surface area contributed by atoms with E-state index >= 15 is 0 Å². The number of aromatic amines is 1. The molecule has 1 unspecified atom stereocenters. The van der Waals surface area contributed by atoms with Crippen molar-refractivity contribution < 1.29 is 0 Å². The van der Waals surface area contributed by atoms with Gasteiger partial charge in [-0.3, -0.25) is 0 Å². The Morgan fingerprint density at radius 1 is 1.26 bits per heavy atom. The first-order valence-electron chi connectivity index (χ1n) is 7.06. The maximum Gasteiger partial charge on any atom is 0.150 e. The first-order chi connectivity index (χ1) is 9.42. The van der Waals surface area contributed by atoms with Crippen molar-refractivity contribution in [2.75, 3.05) is 0 Å². The highest BCUT2D eigenvalue weighted by Gasteiger charge is 2.28. The van der Waals surface area contributed by atoms with Crippen molar-refractivity contribution in [3.63, 3.8) is 0 Å². The number of H-pyrrole nitrogens is 1. The molecule has 2 aliphatic rings. The smallest absolute Gasteiger partial charge is 0.150 e. The summed E-state index contributed by atoms with van der Waals surface area (Å²) in [5.41, 5.74) is 2.35.